The first-order valence-electron chi connectivity index (χ1n) is 6.99. The molecular weight excluding hydrogens is 272 g/mol. The normalized spacial score (nSPS) is 19.3. The van der Waals surface area contributed by atoms with Gasteiger partial charge in [0.15, 0.2) is 0 Å². The molecule has 3 nitrogen and oxygen atoms in total. The number of amides is 1. The van der Waals surface area contributed by atoms with Crippen molar-refractivity contribution in [2.24, 2.45) is 5.92 Å². The molecule has 0 radical (unpaired) electrons. The number of pyridine rings is 1. The molecule has 0 bridgehead atoms. The third-order valence-electron chi connectivity index (χ3n) is 3.86. The zero-order chi connectivity index (χ0) is 14.1. The van der Waals surface area contributed by atoms with Gasteiger partial charge < -0.3 is 4.90 Å². The average molecular weight is 289 g/mol. The standard InChI is InChI=1S/C16H17ClN2O/c1-11-5-4-8-19(10-11)16(20)14-9-12-6-2-3-7-13(12)15(17)18-14/h2-3,6-7,9,11H,4-5,8,10H2,1H3. The summed E-state index contributed by atoms with van der Waals surface area (Å²) in [7, 11) is 0. The van der Waals surface area contributed by atoms with Crippen molar-refractivity contribution in [1.29, 1.82) is 0 Å². The van der Waals surface area contributed by atoms with Crippen LogP contribution in [-0.2, 0) is 0 Å². The van der Waals surface area contributed by atoms with Crippen LogP contribution in [0.2, 0.25) is 5.15 Å². The summed E-state index contributed by atoms with van der Waals surface area (Å²) in [5, 5.41) is 2.25. The lowest BCUT2D eigenvalue weighted by atomic mass is 10.00. The monoisotopic (exact) mass is 288 g/mol. The van der Waals surface area contributed by atoms with Gasteiger partial charge >= 0.3 is 0 Å². The van der Waals surface area contributed by atoms with Crippen LogP contribution < -0.4 is 0 Å². The number of rotatable bonds is 1. The molecule has 20 heavy (non-hydrogen) atoms. The number of likely N-dealkylation sites (tertiary alicyclic amines) is 1. The minimum absolute atomic E-state index is 0.01000. The Morgan fingerprint density at radius 2 is 2.20 bits per heavy atom. The summed E-state index contributed by atoms with van der Waals surface area (Å²) in [4.78, 5) is 18.7. The zero-order valence-corrected chi connectivity index (χ0v) is 12.2. The Balaban J connectivity index is 1.95. The van der Waals surface area contributed by atoms with E-state index in [0.717, 1.165) is 30.3 Å². The summed E-state index contributed by atoms with van der Waals surface area (Å²) < 4.78 is 0. The van der Waals surface area contributed by atoms with Crippen molar-refractivity contribution in [3.05, 3.63) is 41.2 Å². The first-order chi connectivity index (χ1) is 9.65. The van der Waals surface area contributed by atoms with Gasteiger partial charge in [-0.15, -0.1) is 0 Å². The van der Waals surface area contributed by atoms with Crippen molar-refractivity contribution in [1.82, 2.24) is 9.88 Å². The Bertz CT molecular complexity index is 656. The molecule has 1 aliphatic heterocycles. The number of hydrogen-bond acceptors (Lipinski definition) is 2. The third-order valence-corrected chi connectivity index (χ3v) is 4.15. The van der Waals surface area contributed by atoms with Gasteiger partial charge in [-0.1, -0.05) is 42.8 Å². The average Bonchev–Trinajstić information content (AvgIpc) is 2.46. The Kier molecular flexibility index (Phi) is 3.62. The second kappa shape index (κ2) is 5.41. The molecule has 1 amide bonds. The van der Waals surface area contributed by atoms with E-state index >= 15 is 0 Å². The van der Waals surface area contributed by atoms with Crippen LogP contribution in [0.4, 0.5) is 0 Å². The number of carbonyl (C=O) groups excluding carboxylic acids is 1. The van der Waals surface area contributed by atoms with E-state index in [1.165, 1.54) is 6.42 Å². The van der Waals surface area contributed by atoms with Crippen LogP contribution >= 0.6 is 11.6 Å². The van der Waals surface area contributed by atoms with Gasteiger partial charge in [0.2, 0.25) is 0 Å². The highest BCUT2D eigenvalue weighted by Crippen LogP contribution is 2.24. The van der Waals surface area contributed by atoms with Crippen LogP contribution in [0.3, 0.4) is 0 Å². The SMILES string of the molecule is CC1CCCN(C(=O)c2cc3ccccc3c(Cl)n2)C1. The number of fused-ring (bicyclic) bond motifs is 1. The Morgan fingerprint density at radius 1 is 1.40 bits per heavy atom. The molecule has 1 aromatic carbocycles. The maximum Gasteiger partial charge on any atom is 0.272 e. The molecule has 104 valence electrons. The molecule has 0 spiro atoms. The van der Waals surface area contributed by atoms with Gasteiger partial charge in [0.05, 0.1) is 0 Å². The number of hydrogen-bond donors (Lipinski definition) is 0. The fourth-order valence-corrected chi connectivity index (χ4v) is 3.06. The number of aromatic nitrogens is 1. The van der Waals surface area contributed by atoms with E-state index in [1.54, 1.807) is 0 Å². The van der Waals surface area contributed by atoms with E-state index in [1.807, 2.05) is 35.2 Å². The lowest BCUT2D eigenvalue weighted by molar-refractivity contribution is 0.0677. The molecule has 4 heteroatoms. The Morgan fingerprint density at radius 3 is 3.00 bits per heavy atom. The van der Waals surface area contributed by atoms with Gasteiger partial charge in [-0.25, -0.2) is 4.98 Å². The fourth-order valence-electron chi connectivity index (χ4n) is 2.80. The van der Waals surface area contributed by atoms with Crippen molar-refractivity contribution in [2.45, 2.75) is 19.8 Å². The topological polar surface area (TPSA) is 33.2 Å². The molecule has 1 saturated heterocycles. The van der Waals surface area contributed by atoms with Gasteiger partial charge in [0.25, 0.3) is 5.91 Å². The van der Waals surface area contributed by atoms with Crippen LogP contribution in [0.15, 0.2) is 30.3 Å². The molecule has 2 heterocycles. The second-order valence-electron chi connectivity index (χ2n) is 5.52. The lowest BCUT2D eigenvalue weighted by Crippen LogP contribution is -2.39. The minimum atomic E-state index is -0.01000. The molecule has 0 aliphatic carbocycles. The van der Waals surface area contributed by atoms with Crippen LogP contribution in [0.5, 0.6) is 0 Å². The van der Waals surface area contributed by atoms with Crippen LogP contribution in [0.1, 0.15) is 30.3 Å². The molecule has 0 saturated carbocycles. The summed E-state index contributed by atoms with van der Waals surface area (Å²) in [5.74, 6) is 0.549. The molecule has 1 unspecified atom stereocenters. The number of carbonyl (C=O) groups is 1. The minimum Gasteiger partial charge on any atom is -0.337 e. The molecule has 2 aromatic rings. The highest BCUT2D eigenvalue weighted by molar-refractivity contribution is 6.34. The van der Waals surface area contributed by atoms with E-state index in [-0.39, 0.29) is 5.91 Å². The van der Waals surface area contributed by atoms with E-state index in [9.17, 15) is 4.79 Å². The van der Waals surface area contributed by atoms with Gasteiger partial charge in [0.1, 0.15) is 10.8 Å². The van der Waals surface area contributed by atoms with Gasteiger partial charge in [0, 0.05) is 18.5 Å². The molecule has 0 N–H and O–H groups in total. The highest BCUT2D eigenvalue weighted by Gasteiger charge is 2.23. The number of nitrogens with zero attached hydrogens (tertiary/aromatic N) is 2. The van der Waals surface area contributed by atoms with Crippen LogP contribution in [-0.4, -0.2) is 28.9 Å². The van der Waals surface area contributed by atoms with E-state index in [2.05, 4.69) is 11.9 Å². The van der Waals surface area contributed by atoms with Gasteiger partial charge in [-0.2, -0.15) is 0 Å². The van der Waals surface area contributed by atoms with Crippen molar-refractivity contribution in [3.8, 4) is 0 Å². The van der Waals surface area contributed by atoms with Crippen LogP contribution in [0, 0.1) is 5.92 Å². The maximum absolute atomic E-state index is 12.5. The second-order valence-corrected chi connectivity index (χ2v) is 5.88. The molecule has 3 rings (SSSR count). The summed E-state index contributed by atoms with van der Waals surface area (Å²) in [6, 6.07) is 9.57. The Hall–Kier alpha value is -1.61. The number of piperidine rings is 1. The fraction of sp³-hybridized carbons (Fsp3) is 0.375. The Labute approximate surface area is 123 Å². The number of halogens is 1. The van der Waals surface area contributed by atoms with Gasteiger partial charge in [-0.3, -0.25) is 4.79 Å². The smallest absolute Gasteiger partial charge is 0.272 e. The van der Waals surface area contributed by atoms with E-state index < -0.39 is 0 Å². The molecule has 1 aromatic heterocycles. The molecule has 1 atom stereocenters. The predicted molar refractivity (Wildman–Crippen MR) is 81.1 cm³/mol. The van der Waals surface area contributed by atoms with Crippen molar-refractivity contribution >= 4 is 28.3 Å². The summed E-state index contributed by atoms with van der Waals surface area (Å²) in [6.07, 6.45) is 2.25. The summed E-state index contributed by atoms with van der Waals surface area (Å²) >= 11 is 6.19. The van der Waals surface area contributed by atoms with Crippen molar-refractivity contribution in [3.63, 3.8) is 0 Å². The van der Waals surface area contributed by atoms with Crippen molar-refractivity contribution < 1.29 is 4.79 Å². The largest absolute Gasteiger partial charge is 0.337 e. The zero-order valence-electron chi connectivity index (χ0n) is 11.5. The molecular formula is C16H17ClN2O. The highest BCUT2D eigenvalue weighted by atomic mass is 35.5. The first kappa shape index (κ1) is 13.4. The quantitative estimate of drug-likeness (QED) is 0.749. The third kappa shape index (κ3) is 2.50. The van der Waals surface area contributed by atoms with E-state index in [0.29, 0.717) is 16.8 Å². The summed E-state index contributed by atoms with van der Waals surface area (Å²) in [6.45, 7) is 3.81. The predicted octanol–water partition coefficient (Wildman–Crippen LogP) is 3.76. The summed E-state index contributed by atoms with van der Waals surface area (Å²) in [5.41, 5.74) is 0.447. The van der Waals surface area contributed by atoms with E-state index in [4.69, 9.17) is 11.6 Å². The van der Waals surface area contributed by atoms with Crippen molar-refractivity contribution in [2.75, 3.05) is 13.1 Å². The maximum atomic E-state index is 12.5. The molecule has 1 fully saturated rings. The first-order valence-corrected chi connectivity index (χ1v) is 7.37. The van der Waals surface area contributed by atoms with Gasteiger partial charge in [-0.05, 0) is 30.2 Å². The lowest BCUT2D eigenvalue weighted by Gasteiger charge is -2.30. The molecule has 1 aliphatic rings. The number of benzene rings is 1. The van der Waals surface area contributed by atoms with Crippen LogP contribution in [0.25, 0.3) is 10.8 Å².